The number of hydrogen-bond donors (Lipinski definition) is 0. The zero-order valence-corrected chi connectivity index (χ0v) is 25.8. The van der Waals surface area contributed by atoms with Crippen LogP contribution in [0.1, 0.15) is 88.0 Å². The number of halogens is 1. The summed E-state index contributed by atoms with van der Waals surface area (Å²) in [5.41, 5.74) is -0.0192. The van der Waals surface area contributed by atoms with Crippen molar-refractivity contribution < 1.29 is 23.4 Å². The van der Waals surface area contributed by atoms with Crippen LogP contribution in [0, 0.1) is 11.3 Å². The van der Waals surface area contributed by atoms with E-state index in [1.807, 2.05) is 20.8 Å². The summed E-state index contributed by atoms with van der Waals surface area (Å²) in [6.07, 6.45) is 3.95. The molecule has 1 heterocycles. The van der Waals surface area contributed by atoms with Gasteiger partial charge in [-0.1, -0.05) is 68.7 Å². The number of carbonyl (C=O) groups is 1. The predicted molar refractivity (Wildman–Crippen MR) is 147 cm³/mol. The molecule has 1 rings (SSSR count). The van der Waals surface area contributed by atoms with E-state index in [2.05, 4.69) is 68.2 Å². The highest BCUT2D eigenvalue weighted by Crippen LogP contribution is 2.40. The van der Waals surface area contributed by atoms with Crippen molar-refractivity contribution in [2.45, 2.75) is 124 Å². The second kappa shape index (κ2) is 13.9. The molecule has 1 aliphatic heterocycles. The molecule has 4 atom stereocenters. The highest BCUT2D eigenvalue weighted by Gasteiger charge is 2.50. The summed E-state index contributed by atoms with van der Waals surface area (Å²) in [4.78, 5) is 12.7. The molecule has 194 valence electrons. The van der Waals surface area contributed by atoms with Crippen molar-refractivity contribution in [3.05, 3.63) is 9.66 Å². The fourth-order valence-corrected chi connectivity index (χ4v) is 7.71. The number of allylic oxidation sites excluding steroid dienone is 1. The Morgan fingerprint density at radius 1 is 1.18 bits per heavy atom. The normalized spacial score (nSPS) is 27.3. The molecule has 0 aromatic heterocycles. The van der Waals surface area contributed by atoms with Crippen molar-refractivity contribution in [1.29, 1.82) is 0 Å². The number of ether oxygens (including phenoxy) is 3. The standard InChI is InChI=1S/C26H49IO5Si/c1-10-14-15-22-21(16-20(5)17-27)23(32-33(11-2,12-3)13-4)26(9,31-19-30-22)18-29-24(28)25(6,7)8/h17,21-23H,10-16,18-19H2,1-9H3/b20-17+/t21-,22-,23+,26+/m1/s1. The van der Waals surface area contributed by atoms with Gasteiger partial charge in [-0.25, -0.2) is 0 Å². The van der Waals surface area contributed by atoms with Gasteiger partial charge in [-0.2, -0.15) is 0 Å². The SMILES string of the molecule is CCCC[C@H]1OCO[C@@](C)(COC(=O)C(C)(C)C)[C@@H](O[Si](CC)(CC)CC)[C@@H]1C/C(C)=C/I. The summed E-state index contributed by atoms with van der Waals surface area (Å²) in [5.74, 6) is -0.0800. The lowest BCUT2D eigenvalue weighted by molar-refractivity contribution is -0.189. The lowest BCUT2D eigenvalue weighted by Crippen LogP contribution is -2.57. The van der Waals surface area contributed by atoms with Crippen molar-refractivity contribution in [3.8, 4) is 0 Å². The lowest BCUT2D eigenvalue weighted by atomic mass is 9.80. The van der Waals surface area contributed by atoms with Crippen LogP contribution >= 0.6 is 22.6 Å². The van der Waals surface area contributed by atoms with Gasteiger partial charge in [-0.05, 0) is 69.7 Å². The summed E-state index contributed by atoms with van der Waals surface area (Å²) in [7, 11) is -1.97. The van der Waals surface area contributed by atoms with Crippen molar-refractivity contribution in [2.75, 3.05) is 13.4 Å². The lowest BCUT2D eigenvalue weighted by Gasteiger charge is -2.45. The fraction of sp³-hybridized carbons (Fsp3) is 0.885. The smallest absolute Gasteiger partial charge is 0.311 e. The average Bonchev–Trinajstić information content (AvgIpc) is 2.90. The fourth-order valence-electron chi connectivity index (χ4n) is 4.50. The molecule has 0 amide bonds. The van der Waals surface area contributed by atoms with Crippen LogP contribution in [-0.2, 0) is 23.4 Å². The molecule has 0 aromatic rings. The van der Waals surface area contributed by atoms with Gasteiger partial charge < -0.3 is 18.6 Å². The second-order valence-corrected chi connectivity index (χ2v) is 16.2. The van der Waals surface area contributed by atoms with Crippen LogP contribution in [0.15, 0.2) is 9.66 Å². The Balaban J connectivity index is 3.47. The molecule has 33 heavy (non-hydrogen) atoms. The van der Waals surface area contributed by atoms with Crippen LogP contribution in [0.2, 0.25) is 18.1 Å². The van der Waals surface area contributed by atoms with Gasteiger partial charge in [-0.3, -0.25) is 4.79 Å². The number of hydrogen-bond acceptors (Lipinski definition) is 5. The minimum absolute atomic E-state index is 0.0543. The van der Waals surface area contributed by atoms with Gasteiger partial charge in [0.05, 0.1) is 17.6 Å². The van der Waals surface area contributed by atoms with Crippen LogP contribution in [0.25, 0.3) is 0 Å². The van der Waals surface area contributed by atoms with E-state index < -0.39 is 19.3 Å². The van der Waals surface area contributed by atoms with Crippen LogP contribution in [0.4, 0.5) is 0 Å². The molecular formula is C26H49IO5Si. The highest BCUT2D eigenvalue weighted by atomic mass is 127. The van der Waals surface area contributed by atoms with Crippen molar-refractivity contribution >= 4 is 36.9 Å². The number of carbonyl (C=O) groups excluding carboxylic acids is 1. The molecule has 0 bridgehead atoms. The van der Waals surface area contributed by atoms with E-state index >= 15 is 0 Å². The Kier molecular flexibility index (Phi) is 13.1. The Morgan fingerprint density at radius 2 is 1.79 bits per heavy atom. The Labute approximate surface area is 218 Å². The Bertz CT molecular complexity index is 620. The molecule has 5 nitrogen and oxygen atoms in total. The average molecular weight is 597 g/mol. The van der Waals surface area contributed by atoms with Gasteiger partial charge in [0, 0.05) is 5.92 Å². The van der Waals surface area contributed by atoms with Crippen LogP contribution < -0.4 is 0 Å². The maximum atomic E-state index is 12.7. The van der Waals surface area contributed by atoms with Crippen molar-refractivity contribution in [2.24, 2.45) is 11.3 Å². The molecule has 0 radical (unpaired) electrons. The zero-order chi connectivity index (χ0) is 25.3. The molecule has 0 N–H and O–H groups in total. The van der Waals surface area contributed by atoms with Crippen LogP contribution in [0.5, 0.6) is 0 Å². The van der Waals surface area contributed by atoms with Crippen LogP contribution in [0.3, 0.4) is 0 Å². The maximum absolute atomic E-state index is 12.7. The largest absolute Gasteiger partial charge is 0.462 e. The first kappa shape index (κ1) is 31.1. The number of esters is 1. The minimum Gasteiger partial charge on any atom is -0.462 e. The minimum atomic E-state index is -1.97. The van der Waals surface area contributed by atoms with E-state index in [9.17, 15) is 4.79 Å². The molecule has 1 aliphatic rings. The van der Waals surface area contributed by atoms with Gasteiger partial charge in [-0.15, -0.1) is 0 Å². The summed E-state index contributed by atoms with van der Waals surface area (Å²) < 4.78 is 27.9. The van der Waals surface area contributed by atoms with E-state index in [-0.39, 0.29) is 37.5 Å². The third kappa shape index (κ3) is 8.88. The van der Waals surface area contributed by atoms with Gasteiger partial charge in [0.25, 0.3) is 0 Å². The van der Waals surface area contributed by atoms with Crippen molar-refractivity contribution in [1.82, 2.24) is 0 Å². The molecule has 7 heteroatoms. The van der Waals surface area contributed by atoms with Gasteiger partial charge in [0.15, 0.2) is 8.32 Å². The van der Waals surface area contributed by atoms with Gasteiger partial charge >= 0.3 is 5.97 Å². The third-order valence-corrected chi connectivity index (χ3v) is 12.8. The number of unbranched alkanes of at least 4 members (excludes halogenated alkanes) is 1. The third-order valence-electron chi connectivity index (χ3n) is 7.14. The van der Waals surface area contributed by atoms with E-state index in [1.54, 1.807) is 0 Å². The van der Waals surface area contributed by atoms with Gasteiger partial charge in [0.2, 0.25) is 0 Å². The van der Waals surface area contributed by atoms with Crippen LogP contribution in [-0.4, -0.2) is 45.5 Å². The summed E-state index contributed by atoms with van der Waals surface area (Å²) in [6, 6.07) is 3.17. The quantitative estimate of drug-likeness (QED) is 0.132. The molecular weight excluding hydrogens is 547 g/mol. The topological polar surface area (TPSA) is 54.0 Å². The van der Waals surface area contributed by atoms with E-state index in [1.165, 1.54) is 5.57 Å². The second-order valence-electron chi connectivity index (χ2n) is 10.9. The molecule has 1 fully saturated rings. The molecule has 0 unspecified atom stereocenters. The summed E-state index contributed by atoms with van der Waals surface area (Å²) in [5, 5.41) is 0. The summed E-state index contributed by atoms with van der Waals surface area (Å²) in [6.45, 7) is 19.2. The van der Waals surface area contributed by atoms with E-state index in [0.29, 0.717) is 0 Å². The summed E-state index contributed by atoms with van der Waals surface area (Å²) >= 11 is 2.32. The molecule has 0 aliphatic carbocycles. The molecule has 1 saturated heterocycles. The van der Waals surface area contributed by atoms with E-state index in [0.717, 1.165) is 43.8 Å². The first-order valence-corrected chi connectivity index (χ1v) is 16.6. The first-order chi connectivity index (χ1) is 15.4. The predicted octanol–water partition coefficient (Wildman–Crippen LogP) is 7.63. The van der Waals surface area contributed by atoms with E-state index in [4.69, 9.17) is 18.6 Å². The van der Waals surface area contributed by atoms with Crippen molar-refractivity contribution in [3.63, 3.8) is 0 Å². The van der Waals surface area contributed by atoms with Gasteiger partial charge in [0.1, 0.15) is 19.0 Å². The zero-order valence-electron chi connectivity index (χ0n) is 22.6. The Hall–Kier alpha value is 0.0369. The highest BCUT2D eigenvalue weighted by molar-refractivity contribution is 14.1. The number of rotatable bonds is 12. The Morgan fingerprint density at radius 3 is 2.27 bits per heavy atom. The molecule has 0 aromatic carbocycles. The maximum Gasteiger partial charge on any atom is 0.311 e. The molecule has 0 spiro atoms. The monoisotopic (exact) mass is 596 g/mol. The first-order valence-electron chi connectivity index (χ1n) is 12.8. The molecule has 0 saturated carbocycles.